The van der Waals surface area contributed by atoms with Crippen molar-refractivity contribution in [2.75, 3.05) is 6.54 Å². The highest BCUT2D eigenvalue weighted by atomic mass is 16.2. The van der Waals surface area contributed by atoms with Crippen LogP contribution in [0.2, 0.25) is 0 Å². The standard InChI is InChI=1S/C14H21NO2/c16-12-6-7-15-14(17)13-10(12)5-3-1-2-4-9-8-11(9)13/h9-11,13H,1-8H2,(H,15,17). The molecule has 4 unspecified atom stereocenters. The molecule has 0 radical (unpaired) electrons. The molecular formula is C14H21NO2. The number of ketones is 1. The lowest BCUT2D eigenvalue weighted by molar-refractivity contribution is -0.132. The van der Waals surface area contributed by atoms with E-state index in [2.05, 4.69) is 5.32 Å². The van der Waals surface area contributed by atoms with Crippen molar-refractivity contribution in [3.05, 3.63) is 0 Å². The van der Waals surface area contributed by atoms with Gasteiger partial charge in [0.05, 0.1) is 5.92 Å². The van der Waals surface area contributed by atoms with E-state index in [-0.39, 0.29) is 17.7 Å². The summed E-state index contributed by atoms with van der Waals surface area (Å²) < 4.78 is 0. The smallest absolute Gasteiger partial charge is 0.224 e. The Bertz CT molecular complexity index is 339. The summed E-state index contributed by atoms with van der Waals surface area (Å²) in [5.41, 5.74) is 0. The molecule has 3 rings (SSSR count). The molecule has 3 nitrogen and oxygen atoms in total. The molecule has 0 aromatic carbocycles. The Labute approximate surface area is 102 Å². The molecule has 1 heterocycles. The van der Waals surface area contributed by atoms with Gasteiger partial charge in [-0.15, -0.1) is 0 Å². The molecule has 1 saturated heterocycles. The Hall–Kier alpha value is -0.860. The van der Waals surface area contributed by atoms with Crippen LogP contribution in [-0.2, 0) is 9.59 Å². The van der Waals surface area contributed by atoms with E-state index in [4.69, 9.17) is 0 Å². The average Bonchev–Trinajstić information content (AvgIpc) is 3.05. The van der Waals surface area contributed by atoms with E-state index >= 15 is 0 Å². The van der Waals surface area contributed by atoms with Gasteiger partial charge in [0.25, 0.3) is 0 Å². The Morgan fingerprint density at radius 2 is 1.88 bits per heavy atom. The third-order valence-corrected chi connectivity index (χ3v) is 4.85. The lowest BCUT2D eigenvalue weighted by Gasteiger charge is -2.22. The Morgan fingerprint density at radius 1 is 1.06 bits per heavy atom. The fourth-order valence-electron chi connectivity index (χ4n) is 3.82. The Morgan fingerprint density at radius 3 is 2.76 bits per heavy atom. The molecule has 0 aromatic rings. The van der Waals surface area contributed by atoms with Crippen molar-refractivity contribution in [1.29, 1.82) is 0 Å². The van der Waals surface area contributed by atoms with Gasteiger partial charge < -0.3 is 5.32 Å². The normalized spacial score (nSPS) is 42.1. The molecule has 0 aromatic heterocycles. The summed E-state index contributed by atoms with van der Waals surface area (Å²) in [5, 5.41) is 2.94. The lowest BCUT2D eigenvalue weighted by Crippen LogP contribution is -2.35. The van der Waals surface area contributed by atoms with E-state index in [1.807, 2.05) is 0 Å². The first-order valence-corrected chi connectivity index (χ1v) is 7.08. The van der Waals surface area contributed by atoms with Crippen molar-refractivity contribution in [1.82, 2.24) is 5.32 Å². The fourth-order valence-corrected chi connectivity index (χ4v) is 3.82. The van der Waals surface area contributed by atoms with Gasteiger partial charge in [-0.3, -0.25) is 9.59 Å². The van der Waals surface area contributed by atoms with E-state index in [0.29, 0.717) is 24.7 Å². The highest BCUT2D eigenvalue weighted by Crippen LogP contribution is 2.52. The van der Waals surface area contributed by atoms with Crippen LogP contribution < -0.4 is 5.32 Å². The maximum absolute atomic E-state index is 12.1. The second kappa shape index (κ2) is 4.43. The molecule has 3 heteroatoms. The number of amides is 1. The highest BCUT2D eigenvalue weighted by molar-refractivity contribution is 5.91. The number of hydrogen-bond acceptors (Lipinski definition) is 2. The first-order valence-electron chi connectivity index (χ1n) is 7.08. The van der Waals surface area contributed by atoms with Gasteiger partial charge in [-0.1, -0.05) is 25.7 Å². The molecule has 17 heavy (non-hydrogen) atoms. The van der Waals surface area contributed by atoms with Crippen molar-refractivity contribution in [2.45, 2.75) is 44.9 Å². The molecule has 3 fully saturated rings. The molecule has 1 N–H and O–H groups in total. The third-order valence-electron chi connectivity index (χ3n) is 4.85. The second-order valence-electron chi connectivity index (χ2n) is 5.94. The summed E-state index contributed by atoms with van der Waals surface area (Å²) in [5.74, 6) is 1.78. The largest absolute Gasteiger partial charge is 0.355 e. The van der Waals surface area contributed by atoms with Gasteiger partial charge in [0.15, 0.2) is 0 Å². The van der Waals surface area contributed by atoms with Gasteiger partial charge in [0.2, 0.25) is 5.91 Å². The Balaban J connectivity index is 1.86. The quantitative estimate of drug-likeness (QED) is 0.697. The molecule has 2 aliphatic carbocycles. The van der Waals surface area contributed by atoms with Crippen LogP contribution in [0.4, 0.5) is 0 Å². The van der Waals surface area contributed by atoms with Crippen LogP contribution in [0.15, 0.2) is 0 Å². The number of rotatable bonds is 0. The zero-order valence-electron chi connectivity index (χ0n) is 10.3. The average molecular weight is 235 g/mol. The minimum absolute atomic E-state index is 0.00750. The predicted molar refractivity (Wildman–Crippen MR) is 64.3 cm³/mol. The van der Waals surface area contributed by atoms with Crippen LogP contribution in [0.3, 0.4) is 0 Å². The van der Waals surface area contributed by atoms with Crippen molar-refractivity contribution < 1.29 is 9.59 Å². The van der Waals surface area contributed by atoms with Gasteiger partial charge in [0.1, 0.15) is 5.78 Å². The number of fused-ring (bicyclic) bond motifs is 3. The maximum Gasteiger partial charge on any atom is 0.224 e. The van der Waals surface area contributed by atoms with Gasteiger partial charge in [-0.25, -0.2) is 0 Å². The van der Waals surface area contributed by atoms with Crippen LogP contribution in [0.1, 0.15) is 44.9 Å². The second-order valence-corrected chi connectivity index (χ2v) is 5.94. The van der Waals surface area contributed by atoms with E-state index in [1.54, 1.807) is 0 Å². The SMILES string of the molecule is O=C1CCNC(=O)C2C1CCCCCC1CC12. The molecule has 1 aliphatic heterocycles. The third kappa shape index (κ3) is 2.12. The van der Waals surface area contributed by atoms with E-state index in [0.717, 1.165) is 18.8 Å². The summed E-state index contributed by atoms with van der Waals surface area (Å²) in [6.45, 7) is 0.558. The summed E-state index contributed by atoms with van der Waals surface area (Å²) in [6.07, 6.45) is 7.60. The van der Waals surface area contributed by atoms with Crippen molar-refractivity contribution >= 4 is 11.7 Å². The maximum atomic E-state index is 12.1. The predicted octanol–water partition coefficient (Wildman–Crippen LogP) is 1.91. The van der Waals surface area contributed by atoms with Crippen LogP contribution in [-0.4, -0.2) is 18.2 Å². The van der Waals surface area contributed by atoms with Gasteiger partial charge in [-0.2, -0.15) is 0 Å². The summed E-state index contributed by atoms with van der Waals surface area (Å²) in [6, 6.07) is 0. The first-order chi connectivity index (χ1) is 8.27. The Kier molecular flexibility index (Phi) is 2.93. The number of nitrogens with one attached hydrogen (secondary N) is 1. The van der Waals surface area contributed by atoms with Crippen LogP contribution in [0.5, 0.6) is 0 Å². The lowest BCUT2D eigenvalue weighted by atomic mass is 9.81. The minimum atomic E-state index is 0.00750. The first kappa shape index (κ1) is 11.2. The summed E-state index contributed by atoms with van der Waals surface area (Å²) in [7, 11) is 0. The fraction of sp³-hybridized carbons (Fsp3) is 0.857. The van der Waals surface area contributed by atoms with Gasteiger partial charge in [-0.05, 0) is 24.7 Å². The monoisotopic (exact) mass is 235 g/mol. The van der Waals surface area contributed by atoms with Crippen LogP contribution in [0.25, 0.3) is 0 Å². The number of carbonyl (C=O) groups is 2. The molecule has 0 bridgehead atoms. The van der Waals surface area contributed by atoms with E-state index in [1.165, 1.54) is 25.7 Å². The molecular weight excluding hydrogens is 214 g/mol. The molecule has 94 valence electrons. The molecule has 0 spiro atoms. The molecule has 2 saturated carbocycles. The van der Waals surface area contributed by atoms with Gasteiger partial charge in [0, 0.05) is 18.9 Å². The molecule has 3 aliphatic rings. The van der Waals surface area contributed by atoms with Crippen molar-refractivity contribution in [3.63, 3.8) is 0 Å². The van der Waals surface area contributed by atoms with Crippen LogP contribution >= 0.6 is 0 Å². The highest BCUT2D eigenvalue weighted by Gasteiger charge is 2.50. The number of Topliss-reactive ketones (excluding diaryl/α,β-unsaturated/α-hetero) is 1. The summed E-state index contributed by atoms with van der Waals surface area (Å²) in [4.78, 5) is 24.3. The van der Waals surface area contributed by atoms with Gasteiger partial charge >= 0.3 is 0 Å². The number of hydrogen-bond donors (Lipinski definition) is 1. The van der Waals surface area contributed by atoms with Crippen LogP contribution in [0, 0.1) is 23.7 Å². The topological polar surface area (TPSA) is 46.2 Å². The summed E-state index contributed by atoms with van der Waals surface area (Å²) >= 11 is 0. The van der Waals surface area contributed by atoms with Crippen molar-refractivity contribution in [3.8, 4) is 0 Å². The van der Waals surface area contributed by atoms with E-state index in [9.17, 15) is 9.59 Å². The van der Waals surface area contributed by atoms with Crippen molar-refractivity contribution in [2.24, 2.45) is 23.7 Å². The molecule has 1 amide bonds. The van der Waals surface area contributed by atoms with E-state index < -0.39 is 0 Å². The zero-order chi connectivity index (χ0) is 11.8. The zero-order valence-corrected chi connectivity index (χ0v) is 10.3. The molecule has 4 atom stereocenters. The minimum Gasteiger partial charge on any atom is -0.355 e. The number of carbonyl (C=O) groups excluding carboxylic acids is 2.